The number of carbonyl (C=O) groups is 1. The minimum Gasteiger partial charge on any atom is -0.342 e. The molecule has 1 aromatic heterocycles. The second-order valence-corrected chi connectivity index (χ2v) is 7.85. The van der Waals surface area contributed by atoms with Crippen molar-refractivity contribution in [2.45, 2.75) is 32.7 Å². The molecule has 1 aliphatic rings. The smallest absolute Gasteiger partial charge is 0.227 e. The highest BCUT2D eigenvalue weighted by atomic mass is 19.1. The molecule has 2 aromatic carbocycles. The molecule has 1 fully saturated rings. The lowest BCUT2D eigenvalue weighted by Gasteiger charge is -2.33. The van der Waals surface area contributed by atoms with Crippen molar-refractivity contribution in [2.75, 3.05) is 13.1 Å². The lowest BCUT2D eigenvalue weighted by atomic mass is 9.97. The third-order valence-corrected chi connectivity index (χ3v) is 5.64. The molecule has 5 heteroatoms. The van der Waals surface area contributed by atoms with Gasteiger partial charge in [-0.1, -0.05) is 42.5 Å². The van der Waals surface area contributed by atoms with E-state index in [2.05, 4.69) is 28.6 Å². The molecule has 1 amide bonds. The van der Waals surface area contributed by atoms with Crippen LogP contribution in [0.25, 0.3) is 11.4 Å². The van der Waals surface area contributed by atoms with E-state index in [0.29, 0.717) is 5.92 Å². The van der Waals surface area contributed by atoms with E-state index in [1.165, 1.54) is 12.1 Å². The van der Waals surface area contributed by atoms with Gasteiger partial charge >= 0.3 is 0 Å². The second kappa shape index (κ2) is 8.60. The number of halogens is 1. The molecule has 4 nitrogen and oxygen atoms in total. The molecule has 4 rings (SSSR count). The van der Waals surface area contributed by atoms with Crippen LogP contribution in [0.3, 0.4) is 0 Å². The van der Waals surface area contributed by atoms with E-state index in [-0.39, 0.29) is 18.1 Å². The highest BCUT2D eigenvalue weighted by Gasteiger charge is 2.25. The standard InChI is InChI=1S/C24H26FN3O/c1-18-15-26-24(21-9-3-2-4-10-21)28(18)17-20-8-6-12-27(16-20)23(29)14-19-7-5-11-22(25)13-19/h2-5,7,9-11,13,15,20H,6,8,12,14,16-17H2,1H3. The summed E-state index contributed by atoms with van der Waals surface area (Å²) >= 11 is 0. The minimum atomic E-state index is -0.296. The number of likely N-dealkylation sites (tertiary alicyclic amines) is 1. The Hall–Kier alpha value is -2.95. The number of benzene rings is 2. The zero-order valence-electron chi connectivity index (χ0n) is 16.7. The van der Waals surface area contributed by atoms with Gasteiger partial charge in [-0.3, -0.25) is 4.79 Å². The van der Waals surface area contributed by atoms with E-state index < -0.39 is 0 Å². The third-order valence-electron chi connectivity index (χ3n) is 5.64. The fourth-order valence-electron chi connectivity index (χ4n) is 4.14. The summed E-state index contributed by atoms with van der Waals surface area (Å²) in [6.07, 6.45) is 4.26. The van der Waals surface area contributed by atoms with E-state index in [1.807, 2.05) is 35.4 Å². The molecule has 2 heterocycles. The molecular formula is C24H26FN3O. The molecule has 29 heavy (non-hydrogen) atoms. The Bertz CT molecular complexity index is 983. The van der Waals surface area contributed by atoms with Crippen molar-refractivity contribution in [3.05, 3.63) is 77.9 Å². The largest absolute Gasteiger partial charge is 0.342 e. The first-order valence-electron chi connectivity index (χ1n) is 10.2. The molecule has 1 atom stereocenters. The number of nitrogens with zero attached hydrogens (tertiary/aromatic N) is 3. The highest BCUT2D eigenvalue weighted by molar-refractivity contribution is 5.78. The lowest BCUT2D eigenvalue weighted by molar-refractivity contribution is -0.132. The van der Waals surface area contributed by atoms with Crippen LogP contribution < -0.4 is 0 Å². The first kappa shape index (κ1) is 19.4. The zero-order valence-corrected chi connectivity index (χ0v) is 16.7. The van der Waals surface area contributed by atoms with Gasteiger partial charge in [0.05, 0.1) is 6.42 Å². The summed E-state index contributed by atoms with van der Waals surface area (Å²) in [5.41, 5.74) is 2.97. The number of aromatic nitrogens is 2. The monoisotopic (exact) mass is 391 g/mol. The topological polar surface area (TPSA) is 38.1 Å². The molecule has 0 N–H and O–H groups in total. The number of aryl methyl sites for hydroxylation is 1. The number of hydrogen-bond donors (Lipinski definition) is 0. The first-order chi connectivity index (χ1) is 14.1. The van der Waals surface area contributed by atoms with Gasteiger partial charge in [-0.25, -0.2) is 9.37 Å². The van der Waals surface area contributed by atoms with E-state index in [1.54, 1.807) is 6.07 Å². The Morgan fingerprint density at radius 2 is 2.00 bits per heavy atom. The van der Waals surface area contributed by atoms with Crippen LogP contribution in [0.5, 0.6) is 0 Å². The Morgan fingerprint density at radius 3 is 2.79 bits per heavy atom. The molecule has 0 radical (unpaired) electrons. The van der Waals surface area contributed by atoms with E-state index in [0.717, 1.165) is 55.1 Å². The molecule has 1 unspecified atom stereocenters. The van der Waals surface area contributed by atoms with Crippen LogP contribution in [0.2, 0.25) is 0 Å². The van der Waals surface area contributed by atoms with Crippen molar-refractivity contribution in [1.82, 2.24) is 14.5 Å². The van der Waals surface area contributed by atoms with E-state index in [4.69, 9.17) is 0 Å². The number of amides is 1. The van der Waals surface area contributed by atoms with Crippen molar-refractivity contribution < 1.29 is 9.18 Å². The molecule has 0 bridgehead atoms. The molecule has 1 saturated heterocycles. The predicted octanol–water partition coefficient (Wildman–Crippen LogP) is 4.48. The Kier molecular flexibility index (Phi) is 5.74. The maximum atomic E-state index is 13.4. The van der Waals surface area contributed by atoms with Gasteiger partial charge in [-0.2, -0.15) is 0 Å². The van der Waals surface area contributed by atoms with Gasteiger partial charge in [0, 0.05) is 37.1 Å². The van der Waals surface area contributed by atoms with Gasteiger partial charge in [-0.05, 0) is 43.4 Å². The Labute approximate surface area is 171 Å². The summed E-state index contributed by atoms with van der Waals surface area (Å²) in [7, 11) is 0. The van der Waals surface area contributed by atoms with Gasteiger partial charge in [0.2, 0.25) is 5.91 Å². The maximum Gasteiger partial charge on any atom is 0.227 e. The summed E-state index contributed by atoms with van der Waals surface area (Å²) in [5, 5.41) is 0. The van der Waals surface area contributed by atoms with Crippen LogP contribution in [0.4, 0.5) is 4.39 Å². The summed E-state index contributed by atoms with van der Waals surface area (Å²) in [5.74, 6) is 1.14. The van der Waals surface area contributed by atoms with E-state index >= 15 is 0 Å². The van der Waals surface area contributed by atoms with Crippen molar-refractivity contribution in [1.29, 1.82) is 0 Å². The average molecular weight is 391 g/mol. The molecule has 3 aromatic rings. The number of carbonyl (C=O) groups excluding carboxylic acids is 1. The van der Waals surface area contributed by atoms with Crippen LogP contribution in [0.1, 0.15) is 24.1 Å². The lowest BCUT2D eigenvalue weighted by Crippen LogP contribution is -2.42. The normalized spacial score (nSPS) is 16.8. The fourth-order valence-corrected chi connectivity index (χ4v) is 4.14. The van der Waals surface area contributed by atoms with Crippen molar-refractivity contribution in [3.8, 4) is 11.4 Å². The molecule has 0 aliphatic carbocycles. The van der Waals surface area contributed by atoms with Crippen LogP contribution in [-0.2, 0) is 17.8 Å². The van der Waals surface area contributed by atoms with Crippen LogP contribution in [-0.4, -0.2) is 33.4 Å². The second-order valence-electron chi connectivity index (χ2n) is 7.85. The van der Waals surface area contributed by atoms with Gasteiger partial charge in [0.25, 0.3) is 0 Å². The third kappa shape index (κ3) is 4.56. The minimum absolute atomic E-state index is 0.0749. The summed E-state index contributed by atoms with van der Waals surface area (Å²) < 4.78 is 15.7. The van der Waals surface area contributed by atoms with E-state index in [9.17, 15) is 9.18 Å². The summed E-state index contributed by atoms with van der Waals surface area (Å²) in [4.78, 5) is 19.3. The Balaban J connectivity index is 1.44. The summed E-state index contributed by atoms with van der Waals surface area (Å²) in [6, 6.07) is 16.5. The molecular weight excluding hydrogens is 365 g/mol. The molecule has 0 saturated carbocycles. The van der Waals surface area contributed by atoms with Gasteiger partial charge in [0.15, 0.2) is 0 Å². The summed E-state index contributed by atoms with van der Waals surface area (Å²) in [6.45, 7) is 4.44. The molecule has 1 aliphatic heterocycles. The van der Waals surface area contributed by atoms with Gasteiger partial charge < -0.3 is 9.47 Å². The fraction of sp³-hybridized carbons (Fsp3) is 0.333. The van der Waals surface area contributed by atoms with Gasteiger partial charge in [-0.15, -0.1) is 0 Å². The number of rotatable bonds is 5. The molecule has 0 spiro atoms. The van der Waals surface area contributed by atoms with Crippen molar-refractivity contribution in [2.24, 2.45) is 5.92 Å². The molecule has 150 valence electrons. The first-order valence-corrected chi connectivity index (χ1v) is 10.2. The quantitative estimate of drug-likeness (QED) is 0.643. The Morgan fingerprint density at radius 1 is 1.17 bits per heavy atom. The number of piperidine rings is 1. The van der Waals surface area contributed by atoms with Crippen molar-refractivity contribution in [3.63, 3.8) is 0 Å². The van der Waals surface area contributed by atoms with Crippen LogP contribution in [0.15, 0.2) is 60.8 Å². The number of imidazole rings is 1. The predicted molar refractivity (Wildman–Crippen MR) is 112 cm³/mol. The van der Waals surface area contributed by atoms with Crippen molar-refractivity contribution >= 4 is 5.91 Å². The highest BCUT2D eigenvalue weighted by Crippen LogP contribution is 2.25. The number of hydrogen-bond acceptors (Lipinski definition) is 2. The van der Waals surface area contributed by atoms with Crippen LogP contribution >= 0.6 is 0 Å². The zero-order chi connectivity index (χ0) is 20.2. The van der Waals surface area contributed by atoms with Gasteiger partial charge in [0.1, 0.15) is 11.6 Å². The van der Waals surface area contributed by atoms with Crippen LogP contribution in [0, 0.1) is 18.7 Å². The SMILES string of the molecule is Cc1cnc(-c2ccccc2)n1CC1CCCN(C(=O)Cc2cccc(F)c2)C1. The maximum absolute atomic E-state index is 13.4. The average Bonchev–Trinajstić information content (AvgIpc) is 3.09.